The third kappa shape index (κ3) is 7.58. The van der Waals surface area contributed by atoms with Gasteiger partial charge in [0, 0.05) is 23.3 Å². The molecule has 2 aliphatic carbocycles. The van der Waals surface area contributed by atoms with Crippen LogP contribution in [0.5, 0.6) is 0 Å². The van der Waals surface area contributed by atoms with Crippen LogP contribution in [-0.4, -0.2) is 37.6 Å². The van der Waals surface area contributed by atoms with E-state index in [1.54, 1.807) is 0 Å². The summed E-state index contributed by atoms with van der Waals surface area (Å²) in [5, 5.41) is 0. The second kappa shape index (κ2) is 12.8. The molecule has 2 saturated carbocycles. The van der Waals surface area contributed by atoms with E-state index in [1.807, 2.05) is 17.9 Å². The highest BCUT2D eigenvalue weighted by Gasteiger charge is 2.36. The molecule has 1 atom stereocenters. The van der Waals surface area contributed by atoms with Crippen LogP contribution in [0.25, 0.3) is 0 Å². The predicted molar refractivity (Wildman–Crippen MR) is 149 cm³/mol. The highest BCUT2D eigenvalue weighted by atomic mass is 32.1. The number of hydrogen-bond acceptors (Lipinski definition) is 6. The second-order valence-corrected chi connectivity index (χ2v) is 13.5. The van der Waals surface area contributed by atoms with Crippen LogP contribution in [0.3, 0.4) is 0 Å². The molecule has 2 aliphatic rings. The number of esters is 2. The average Bonchev–Trinajstić information content (AvgIpc) is 3.30. The van der Waals surface area contributed by atoms with Crippen molar-refractivity contribution < 1.29 is 23.9 Å². The SMILES string of the molecule is COC(=O)c1sc(C(C)(C)C)cc1N(C(=O)C1CCC(C)CC1)[C@@H](C)CCOC(=O)C1CCC(C)CC1. The van der Waals surface area contributed by atoms with Crippen LogP contribution in [0.1, 0.15) is 114 Å². The zero-order valence-electron chi connectivity index (χ0n) is 23.9. The first-order chi connectivity index (χ1) is 17.4. The first-order valence-corrected chi connectivity index (χ1v) is 15.0. The Kier molecular flexibility index (Phi) is 10.2. The maximum absolute atomic E-state index is 14.0. The summed E-state index contributed by atoms with van der Waals surface area (Å²) in [6, 6.07) is 1.77. The summed E-state index contributed by atoms with van der Waals surface area (Å²) in [7, 11) is 1.38. The molecule has 0 aliphatic heterocycles. The van der Waals surface area contributed by atoms with Crippen molar-refractivity contribution in [2.24, 2.45) is 23.7 Å². The molecule has 6 nitrogen and oxygen atoms in total. The molecule has 1 aromatic heterocycles. The lowest BCUT2D eigenvalue weighted by molar-refractivity contribution is -0.150. The van der Waals surface area contributed by atoms with Crippen molar-refractivity contribution in [1.82, 2.24) is 0 Å². The van der Waals surface area contributed by atoms with E-state index in [0.717, 1.165) is 56.2 Å². The van der Waals surface area contributed by atoms with Crippen molar-refractivity contribution in [2.45, 2.75) is 111 Å². The average molecular weight is 534 g/mol. The van der Waals surface area contributed by atoms with E-state index >= 15 is 0 Å². The summed E-state index contributed by atoms with van der Waals surface area (Å²) in [5.74, 6) is 0.778. The van der Waals surface area contributed by atoms with E-state index in [2.05, 4.69) is 34.6 Å². The number of nitrogens with zero attached hydrogens (tertiary/aromatic N) is 1. The topological polar surface area (TPSA) is 72.9 Å². The lowest BCUT2D eigenvalue weighted by atomic mass is 9.82. The maximum atomic E-state index is 14.0. The van der Waals surface area contributed by atoms with Gasteiger partial charge in [-0.05, 0) is 81.6 Å². The number of ether oxygens (including phenoxy) is 2. The van der Waals surface area contributed by atoms with Gasteiger partial charge in [-0.25, -0.2) is 4.79 Å². The Hall–Kier alpha value is -1.89. The number of rotatable bonds is 8. The third-order valence-corrected chi connectivity index (χ3v) is 9.78. The molecule has 0 spiro atoms. The molecule has 1 amide bonds. The standard InChI is InChI=1S/C30H47NO5S/c1-19-8-12-22(13-9-19)27(32)31(24-18-25(30(4,5)6)37-26(24)29(34)35-7)21(3)16-17-36-28(33)23-14-10-20(2)11-15-23/h18-23H,8-17H2,1-7H3/t19?,20?,21-,22?,23?/m0/s1. The van der Waals surface area contributed by atoms with Gasteiger partial charge in [0.1, 0.15) is 4.88 Å². The largest absolute Gasteiger partial charge is 0.465 e. The molecule has 1 aromatic rings. The van der Waals surface area contributed by atoms with E-state index in [-0.39, 0.29) is 41.8 Å². The van der Waals surface area contributed by atoms with E-state index in [1.165, 1.54) is 18.4 Å². The molecular weight excluding hydrogens is 486 g/mol. The Morgan fingerprint density at radius 3 is 2.03 bits per heavy atom. The molecule has 0 bridgehead atoms. The van der Waals surface area contributed by atoms with Gasteiger partial charge < -0.3 is 14.4 Å². The lowest BCUT2D eigenvalue weighted by Crippen LogP contribution is -2.44. The van der Waals surface area contributed by atoms with Crippen LogP contribution < -0.4 is 4.90 Å². The summed E-state index contributed by atoms with van der Waals surface area (Å²) < 4.78 is 10.8. The maximum Gasteiger partial charge on any atom is 0.350 e. The van der Waals surface area contributed by atoms with Crippen LogP contribution in [0.15, 0.2) is 6.07 Å². The summed E-state index contributed by atoms with van der Waals surface area (Å²) in [5.41, 5.74) is 0.460. The fraction of sp³-hybridized carbons (Fsp3) is 0.767. The van der Waals surface area contributed by atoms with Crippen LogP contribution >= 0.6 is 11.3 Å². The molecule has 37 heavy (non-hydrogen) atoms. The van der Waals surface area contributed by atoms with Gasteiger partial charge in [0.25, 0.3) is 0 Å². The Balaban J connectivity index is 1.82. The number of carbonyl (C=O) groups excluding carboxylic acids is 3. The molecule has 3 rings (SSSR count). The Labute approximate surface area is 227 Å². The van der Waals surface area contributed by atoms with Gasteiger partial charge in [-0.2, -0.15) is 0 Å². The lowest BCUT2D eigenvalue weighted by Gasteiger charge is -2.35. The Bertz CT molecular complexity index is 932. The molecule has 7 heteroatoms. The number of methoxy groups -OCH3 is 1. The van der Waals surface area contributed by atoms with Gasteiger partial charge in [0.05, 0.1) is 25.3 Å². The molecule has 208 valence electrons. The van der Waals surface area contributed by atoms with Crippen LogP contribution in [0, 0.1) is 23.7 Å². The van der Waals surface area contributed by atoms with Crippen molar-refractivity contribution in [3.05, 3.63) is 15.8 Å². The van der Waals surface area contributed by atoms with Crippen LogP contribution in [0.2, 0.25) is 0 Å². The van der Waals surface area contributed by atoms with E-state index in [9.17, 15) is 14.4 Å². The predicted octanol–water partition coefficient (Wildman–Crippen LogP) is 7.14. The highest BCUT2D eigenvalue weighted by molar-refractivity contribution is 7.14. The number of amides is 1. The fourth-order valence-electron chi connectivity index (χ4n) is 5.52. The van der Waals surface area contributed by atoms with Gasteiger partial charge in [0.2, 0.25) is 5.91 Å². The molecule has 0 unspecified atom stereocenters. The minimum atomic E-state index is -0.421. The fourth-order valence-corrected chi connectivity index (χ4v) is 6.64. The van der Waals surface area contributed by atoms with Gasteiger partial charge >= 0.3 is 11.9 Å². The summed E-state index contributed by atoms with van der Waals surface area (Å²) >= 11 is 1.40. The molecule has 0 N–H and O–H groups in total. The monoisotopic (exact) mass is 533 g/mol. The summed E-state index contributed by atoms with van der Waals surface area (Å²) in [4.78, 5) is 42.8. The normalized spacial score (nSPS) is 25.3. The summed E-state index contributed by atoms with van der Waals surface area (Å²) in [6.45, 7) is 13.1. The quantitative estimate of drug-likeness (QED) is 0.332. The molecule has 0 saturated heterocycles. The van der Waals surface area contributed by atoms with E-state index in [0.29, 0.717) is 28.8 Å². The molecule has 2 fully saturated rings. The first kappa shape index (κ1) is 29.7. The molecule has 1 heterocycles. The van der Waals surface area contributed by atoms with Gasteiger partial charge in [-0.15, -0.1) is 11.3 Å². The number of hydrogen-bond donors (Lipinski definition) is 0. The zero-order valence-corrected chi connectivity index (χ0v) is 24.7. The Morgan fingerprint density at radius 2 is 1.51 bits per heavy atom. The van der Waals surface area contributed by atoms with Gasteiger partial charge in [0.15, 0.2) is 0 Å². The molecule has 0 aromatic carbocycles. The number of anilines is 1. The van der Waals surface area contributed by atoms with E-state index < -0.39 is 5.97 Å². The van der Waals surface area contributed by atoms with E-state index in [4.69, 9.17) is 9.47 Å². The first-order valence-electron chi connectivity index (χ1n) is 14.1. The van der Waals surface area contributed by atoms with Crippen molar-refractivity contribution in [1.29, 1.82) is 0 Å². The number of carbonyl (C=O) groups is 3. The minimum absolute atomic E-state index is 0.00869. The molecular formula is C30H47NO5S. The molecule has 0 radical (unpaired) electrons. The van der Waals surface area contributed by atoms with Gasteiger partial charge in [-0.3, -0.25) is 9.59 Å². The summed E-state index contributed by atoms with van der Waals surface area (Å²) in [6.07, 6.45) is 8.26. The van der Waals surface area contributed by atoms with Crippen molar-refractivity contribution in [3.8, 4) is 0 Å². The zero-order chi connectivity index (χ0) is 27.3. The van der Waals surface area contributed by atoms with Crippen molar-refractivity contribution in [2.75, 3.05) is 18.6 Å². The minimum Gasteiger partial charge on any atom is -0.465 e. The van der Waals surface area contributed by atoms with Gasteiger partial charge in [-0.1, -0.05) is 34.6 Å². The Morgan fingerprint density at radius 1 is 0.973 bits per heavy atom. The van der Waals surface area contributed by atoms with Crippen LogP contribution in [-0.2, 0) is 24.5 Å². The third-order valence-electron chi connectivity index (χ3n) is 8.25. The second-order valence-electron chi connectivity index (χ2n) is 12.5. The number of thiophene rings is 1. The van der Waals surface area contributed by atoms with Crippen LogP contribution in [0.4, 0.5) is 5.69 Å². The van der Waals surface area contributed by atoms with Crippen molar-refractivity contribution >= 4 is 34.9 Å². The smallest absolute Gasteiger partial charge is 0.350 e. The van der Waals surface area contributed by atoms with Crippen molar-refractivity contribution in [3.63, 3.8) is 0 Å². The highest BCUT2D eigenvalue weighted by Crippen LogP contribution is 2.40.